The van der Waals surface area contributed by atoms with Crippen LogP contribution in [0.25, 0.3) is 0 Å². The maximum absolute atomic E-state index is 13.0. The second kappa shape index (κ2) is 6.62. The molecule has 2 atom stereocenters. The summed E-state index contributed by atoms with van der Waals surface area (Å²) in [6.45, 7) is 2.89. The minimum Gasteiger partial charge on any atom is -0.368 e. The summed E-state index contributed by atoms with van der Waals surface area (Å²) in [7, 11) is 1.87. The van der Waals surface area contributed by atoms with Gasteiger partial charge in [-0.1, -0.05) is 0 Å². The molecule has 2 aliphatic heterocycles. The number of piperidine rings is 1. The first kappa shape index (κ1) is 15.7. The molecule has 128 valence electrons. The Labute approximate surface area is 144 Å². The van der Waals surface area contributed by atoms with Crippen molar-refractivity contribution >= 4 is 23.1 Å². The Balaban J connectivity index is 1.49. The number of ether oxygens (including phenoxy) is 1. The monoisotopic (exact) mass is 347 g/mol. The van der Waals surface area contributed by atoms with Gasteiger partial charge in [-0.3, -0.25) is 19.3 Å². The van der Waals surface area contributed by atoms with Gasteiger partial charge in [-0.05, 0) is 12.8 Å². The van der Waals surface area contributed by atoms with Gasteiger partial charge in [0.15, 0.2) is 5.82 Å². The summed E-state index contributed by atoms with van der Waals surface area (Å²) >= 11 is 1.61. The fourth-order valence-corrected chi connectivity index (χ4v) is 4.14. The van der Waals surface area contributed by atoms with E-state index in [-0.39, 0.29) is 18.1 Å². The van der Waals surface area contributed by atoms with Gasteiger partial charge in [-0.2, -0.15) is 5.10 Å². The second-order valence-corrected chi connectivity index (χ2v) is 7.15. The highest BCUT2D eigenvalue weighted by Gasteiger charge is 2.37. The van der Waals surface area contributed by atoms with E-state index < -0.39 is 0 Å². The van der Waals surface area contributed by atoms with Crippen LogP contribution in [-0.2, 0) is 16.6 Å². The largest absolute Gasteiger partial charge is 0.368 e. The third-order valence-electron chi connectivity index (χ3n) is 4.65. The lowest BCUT2D eigenvalue weighted by Gasteiger charge is -2.41. The number of carbonyl (C=O) groups excluding carboxylic acids is 1. The number of hydrogen-bond acceptors (Lipinski definition) is 6. The van der Waals surface area contributed by atoms with Crippen LogP contribution in [0.4, 0.5) is 5.82 Å². The van der Waals surface area contributed by atoms with Crippen molar-refractivity contribution in [2.24, 2.45) is 7.05 Å². The Morgan fingerprint density at radius 1 is 1.38 bits per heavy atom. The van der Waals surface area contributed by atoms with E-state index in [1.165, 1.54) is 0 Å². The molecule has 0 unspecified atom stereocenters. The highest BCUT2D eigenvalue weighted by Crippen LogP contribution is 2.28. The number of thiazole rings is 1. The first-order chi connectivity index (χ1) is 11.7. The second-order valence-electron chi connectivity index (χ2n) is 6.22. The van der Waals surface area contributed by atoms with Crippen molar-refractivity contribution in [1.82, 2.24) is 19.7 Å². The SMILES string of the molecule is Cn1ccc(N2CCC[C@H](N3CCO[C@@H](c4nccs4)C3)C2=O)n1. The number of amides is 1. The molecule has 0 aromatic carbocycles. The molecule has 0 aliphatic carbocycles. The summed E-state index contributed by atoms with van der Waals surface area (Å²) in [5, 5.41) is 7.34. The molecular formula is C16H21N5O2S. The molecule has 0 radical (unpaired) electrons. The molecule has 1 amide bonds. The molecule has 0 spiro atoms. The predicted octanol–water partition coefficient (Wildman–Crippen LogP) is 1.45. The molecule has 2 aromatic heterocycles. The van der Waals surface area contributed by atoms with Crippen LogP contribution in [0.15, 0.2) is 23.8 Å². The van der Waals surface area contributed by atoms with Gasteiger partial charge in [0.25, 0.3) is 0 Å². The Morgan fingerprint density at radius 2 is 2.29 bits per heavy atom. The van der Waals surface area contributed by atoms with Crippen LogP contribution in [0.1, 0.15) is 24.0 Å². The maximum Gasteiger partial charge on any atom is 0.245 e. The molecule has 0 N–H and O–H groups in total. The third-order valence-corrected chi connectivity index (χ3v) is 5.52. The molecule has 24 heavy (non-hydrogen) atoms. The van der Waals surface area contributed by atoms with Crippen molar-refractivity contribution in [3.63, 3.8) is 0 Å². The average Bonchev–Trinajstić information content (AvgIpc) is 3.27. The summed E-state index contributed by atoms with van der Waals surface area (Å²) in [5.74, 6) is 0.900. The number of anilines is 1. The number of hydrogen-bond donors (Lipinski definition) is 0. The van der Waals surface area contributed by atoms with E-state index in [1.54, 1.807) is 22.2 Å². The van der Waals surface area contributed by atoms with Gasteiger partial charge in [-0.25, -0.2) is 4.98 Å². The molecular weight excluding hydrogens is 326 g/mol. The van der Waals surface area contributed by atoms with Gasteiger partial charge in [0, 0.05) is 50.5 Å². The zero-order valence-corrected chi connectivity index (χ0v) is 14.5. The molecule has 2 fully saturated rings. The first-order valence-corrected chi connectivity index (χ1v) is 9.16. The summed E-state index contributed by atoms with van der Waals surface area (Å²) in [6, 6.07) is 1.81. The highest BCUT2D eigenvalue weighted by molar-refractivity contribution is 7.09. The normalized spacial score (nSPS) is 26.0. The van der Waals surface area contributed by atoms with Gasteiger partial charge in [0.2, 0.25) is 5.91 Å². The van der Waals surface area contributed by atoms with E-state index in [0.717, 1.165) is 43.3 Å². The van der Waals surface area contributed by atoms with E-state index in [4.69, 9.17) is 4.74 Å². The summed E-state index contributed by atoms with van der Waals surface area (Å²) in [5.41, 5.74) is 0. The molecule has 2 aromatic rings. The average molecular weight is 347 g/mol. The van der Waals surface area contributed by atoms with E-state index in [0.29, 0.717) is 6.61 Å². The molecule has 4 heterocycles. The van der Waals surface area contributed by atoms with Crippen LogP contribution in [0.3, 0.4) is 0 Å². The maximum atomic E-state index is 13.0. The van der Waals surface area contributed by atoms with Gasteiger partial charge < -0.3 is 4.74 Å². The van der Waals surface area contributed by atoms with Crippen molar-refractivity contribution in [2.75, 3.05) is 31.1 Å². The van der Waals surface area contributed by atoms with Crippen molar-refractivity contribution in [3.8, 4) is 0 Å². The Bertz CT molecular complexity index is 701. The zero-order chi connectivity index (χ0) is 16.5. The molecule has 8 heteroatoms. The Morgan fingerprint density at radius 3 is 3.04 bits per heavy atom. The Kier molecular flexibility index (Phi) is 4.34. The quantitative estimate of drug-likeness (QED) is 0.841. The topological polar surface area (TPSA) is 63.5 Å². The number of carbonyl (C=O) groups is 1. The lowest BCUT2D eigenvalue weighted by atomic mass is 10.0. The number of morpholine rings is 1. The molecule has 4 rings (SSSR count). The fraction of sp³-hybridized carbons (Fsp3) is 0.562. The van der Waals surface area contributed by atoms with Crippen LogP contribution < -0.4 is 4.90 Å². The fourth-order valence-electron chi connectivity index (χ4n) is 3.46. The third kappa shape index (κ3) is 2.97. The van der Waals surface area contributed by atoms with Crippen LogP contribution in [0.5, 0.6) is 0 Å². The van der Waals surface area contributed by atoms with E-state index in [9.17, 15) is 4.79 Å². The molecule has 0 bridgehead atoms. The molecule has 2 saturated heterocycles. The van der Waals surface area contributed by atoms with Crippen LogP contribution >= 0.6 is 11.3 Å². The van der Waals surface area contributed by atoms with Gasteiger partial charge in [0.05, 0.1) is 12.6 Å². The van der Waals surface area contributed by atoms with E-state index in [1.807, 2.05) is 29.6 Å². The van der Waals surface area contributed by atoms with Gasteiger partial charge >= 0.3 is 0 Å². The highest BCUT2D eigenvalue weighted by atomic mass is 32.1. The number of rotatable bonds is 3. The number of aryl methyl sites for hydroxylation is 1. The van der Waals surface area contributed by atoms with Crippen LogP contribution in [-0.4, -0.2) is 57.9 Å². The molecule has 0 saturated carbocycles. The molecule has 2 aliphatic rings. The van der Waals surface area contributed by atoms with Gasteiger partial charge in [0.1, 0.15) is 11.1 Å². The van der Waals surface area contributed by atoms with Crippen molar-refractivity contribution < 1.29 is 9.53 Å². The van der Waals surface area contributed by atoms with Gasteiger partial charge in [-0.15, -0.1) is 11.3 Å². The van der Waals surface area contributed by atoms with Crippen molar-refractivity contribution in [2.45, 2.75) is 25.0 Å². The number of aromatic nitrogens is 3. The van der Waals surface area contributed by atoms with Crippen LogP contribution in [0.2, 0.25) is 0 Å². The minimum atomic E-state index is -0.0906. The zero-order valence-electron chi connectivity index (χ0n) is 13.7. The van der Waals surface area contributed by atoms with Crippen LogP contribution in [0, 0.1) is 0 Å². The lowest BCUT2D eigenvalue weighted by molar-refractivity contribution is -0.129. The summed E-state index contributed by atoms with van der Waals surface area (Å²) in [4.78, 5) is 21.4. The lowest BCUT2D eigenvalue weighted by Crippen LogP contribution is -2.55. The summed E-state index contributed by atoms with van der Waals surface area (Å²) < 4.78 is 7.59. The molecule has 7 nitrogen and oxygen atoms in total. The standard InChI is InChI=1S/C16H21N5O2S/c1-19-7-4-14(18-19)21-6-2-3-12(16(21)22)20-8-9-23-13(11-20)15-17-5-10-24-15/h4-5,7,10,12-13H,2-3,6,8-9,11H2,1H3/t12-,13+/m0/s1. The Hall–Kier alpha value is -1.77. The van der Waals surface area contributed by atoms with E-state index >= 15 is 0 Å². The van der Waals surface area contributed by atoms with Crippen molar-refractivity contribution in [3.05, 3.63) is 28.8 Å². The smallest absolute Gasteiger partial charge is 0.245 e. The summed E-state index contributed by atoms with van der Waals surface area (Å²) in [6.07, 6.45) is 5.53. The predicted molar refractivity (Wildman–Crippen MR) is 91.0 cm³/mol. The van der Waals surface area contributed by atoms with Crippen molar-refractivity contribution in [1.29, 1.82) is 0 Å². The van der Waals surface area contributed by atoms with E-state index in [2.05, 4.69) is 15.0 Å². The minimum absolute atomic E-state index is 0.0308. The first-order valence-electron chi connectivity index (χ1n) is 8.28. The number of nitrogens with zero attached hydrogens (tertiary/aromatic N) is 5.